The van der Waals surface area contributed by atoms with E-state index in [9.17, 15) is 4.79 Å². The Bertz CT molecular complexity index is 955. The number of hydrogen-bond acceptors (Lipinski definition) is 2. The van der Waals surface area contributed by atoms with Crippen molar-refractivity contribution in [2.45, 2.75) is 65.4 Å². The fourth-order valence-corrected chi connectivity index (χ4v) is 4.02. The first-order valence-electron chi connectivity index (χ1n) is 11.5. The highest BCUT2D eigenvalue weighted by Crippen LogP contribution is 2.33. The first-order valence-corrected chi connectivity index (χ1v) is 11.5. The third-order valence-electron chi connectivity index (χ3n) is 5.79. The average molecular weight is 415 g/mol. The Balaban J connectivity index is 1.74. The molecule has 3 rings (SSSR count). The summed E-state index contributed by atoms with van der Waals surface area (Å²) in [5.41, 5.74) is 7.26. The molecule has 31 heavy (non-hydrogen) atoms. The number of esters is 1. The van der Waals surface area contributed by atoms with Gasteiger partial charge in [-0.3, -0.25) is 4.79 Å². The number of carbonyl (C=O) groups is 1. The fraction of sp³-hybridized carbons (Fsp3) is 0.345. The first kappa shape index (κ1) is 22.8. The average Bonchev–Trinajstić information content (AvgIpc) is 2.79. The van der Waals surface area contributed by atoms with Gasteiger partial charge in [0.2, 0.25) is 0 Å². The van der Waals surface area contributed by atoms with Gasteiger partial charge in [0.05, 0.1) is 0 Å². The second-order valence-corrected chi connectivity index (χ2v) is 8.28. The maximum absolute atomic E-state index is 11.2. The van der Waals surface area contributed by atoms with Crippen molar-refractivity contribution in [2.24, 2.45) is 0 Å². The van der Waals surface area contributed by atoms with Gasteiger partial charge in [0.1, 0.15) is 6.10 Å². The van der Waals surface area contributed by atoms with Crippen molar-refractivity contribution in [1.82, 2.24) is 0 Å². The lowest BCUT2D eigenvalue weighted by atomic mass is 9.93. The van der Waals surface area contributed by atoms with Crippen LogP contribution < -0.4 is 0 Å². The van der Waals surface area contributed by atoms with Gasteiger partial charge in [-0.2, -0.15) is 0 Å². The molecule has 0 aliphatic carbocycles. The molecule has 2 nitrogen and oxygen atoms in total. The number of carbonyl (C=O) groups excluding carboxylic acids is 1. The van der Waals surface area contributed by atoms with E-state index in [0.717, 1.165) is 17.5 Å². The van der Waals surface area contributed by atoms with Gasteiger partial charge >= 0.3 is 5.97 Å². The molecule has 3 aromatic rings. The molecule has 0 N–H and O–H groups in total. The van der Waals surface area contributed by atoms with Crippen LogP contribution in [-0.4, -0.2) is 5.97 Å². The Kier molecular flexibility index (Phi) is 8.46. The summed E-state index contributed by atoms with van der Waals surface area (Å²) >= 11 is 0. The summed E-state index contributed by atoms with van der Waals surface area (Å²) in [6, 6.07) is 25.9. The van der Waals surface area contributed by atoms with Crippen LogP contribution in [0.3, 0.4) is 0 Å². The quantitative estimate of drug-likeness (QED) is 0.247. The number of hydrogen-bond donors (Lipinski definition) is 0. The lowest BCUT2D eigenvalue weighted by molar-refractivity contribution is -0.145. The van der Waals surface area contributed by atoms with Crippen molar-refractivity contribution in [3.05, 3.63) is 83.9 Å². The molecule has 2 heteroatoms. The zero-order chi connectivity index (χ0) is 22.1. The number of benzene rings is 3. The molecule has 0 aliphatic heterocycles. The molecule has 0 spiro atoms. The first-order chi connectivity index (χ1) is 15.1. The van der Waals surface area contributed by atoms with E-state index in [1.54, 1.807) is 0 Å². The monoisotopic (exact) mass is 414 g/mol. The van der Waals surface area contributed by atoms with Gasteiger partial charge in [-0.25, -0.2) is 0 Å². The minimum atomic E-state index is -0.258. The van der Waals surface area contributed by atoms with Crippen LogP contribution >= 0.6 is 0 Å². The molecule has 0 saturated carbocycles. The van der Waals surface area contributed by atoms with E-state index >= 15 is 0 Å². The lowest BCUT2D eigenvalue weighted by Gasteiger charge is -2.14. The smallest absolute Gasteiger partial charge is 0.303 e. The summed E-state index contributed by atoms with van der Waals surface area (Å²) in [7, 11) is 0. The molecule has 1 unspecified atom stereocenters. The number of rotatable bonds is 10. The molecule has 0 aliphatic rings. The third-order valence-corrected chi connectivity index (χ3v) is 5.79. The summed E-state index contributed by atoms with van der Waals surface area (Å²) in [5.74, 6) is -0.258. The van der Waals surface area contributed by atoms with E-state index in [-0.39, 0.29) is 12.1 Å². The highest BCUT2D eigenvalue weighted by atomic mass is 16.5. The highest BCUT2D eigenvalue weighted by Gasteiger charge is 2.11. The van der Waals surface area contributed by atoms with Crippen LogP contribution in [-0.2, 0) is 16.0 Å². The topological polar surface area (TPSA) is 26.3 Å². The van der Waals surface area contributed by atoms with E-state index in [1.165, 1.54) is 61.3 Å². The molecule has 1 atom stereocenters. The zero-order valence-electron chi connectivity index (χ0n) is 19.1. The second kappa shape index (κ2) is 11.5. The fourth-order valence-electron chi connectivity index (χ4n) is 4.02. The number of ether oxygens (including phenoxy) is 1. The van der Waals surface area contributed by atoms with E-state index in [2.05, 4.69) is 67.6 Å². The molecule has 0 amide bonds. The Morgan fingerprint density at radius 2 is 1.32 bits per heavy atom. The standard InChI is InChI=1S/C29H34O2/c1-4-5-6-7-8-11-24-14-16-26(17-15-24)28-12-9-10-13-29(28)27-20-18-25(19-21-27)22(2)31-23(3)30/h9-10,12-22H,4-8,11H2,1-3H3. The summed E-state index contributed by atoms with van der Waals surface area (Å²) in [5, 5.41) is 0. The van der Waals surface area contributed by atoms with Gasteiger partial charge in [0.25, 0.3) is 0 Å². The van der Waals surface area contributed by atoms with Gasteiger partial charge in [0, 0.05) is 6.92 Å². The number of unbranched alkanes of at least 4 members (excludes halogenated alkanes) is 4. The van der Waals surface area contributed by atoms with Crippen LogP contribution in [0.4, 0.5) is 0 Å². The molecule has 0 bridgehead atoms. The maximum Gasteiger partial charge on any atom is 0.303 e. The largest absolute Gasteiger partial charge is 0.458 e. The Hall–Kier alpha value is -2.87. The zero-order valence-corrected chi connectivity index (χ0v) is 19.1. The van der Waals surface area contributed by atoms with Crippen LogP contribution in [0.1, 0.15) is 70.1 Å². The molecule has 162 valence electrons. The maximum atomic E-state index is 11.2. The summed E-state index contributed by atoms with van der Waals surface area (Å²) in [4.78, 5) is 11.2. The molecular weight excluding hydrogens is 380 g/mol. The van der Waals surface area contributed by atoms with Crippen LogP contribution in [0.15, 0.2) is 72.8 Å². The molecule has 0 radical (unpaired) electrons. The summed E-state index contributed by atoms with van der Waals surface area (Å²) in [6.07, 6.45) is 7.50. The number of aryl methyl sites for hydroxylation is 1. The van der Waals surface area contributed by atoms with Gasteiger partial charge in [0.15, 0.2) is 0 Å². The summed E-state index contributed by atoms with van der Waals surface area (Å²) in [6.45, 7) is 5.60. The molecule has 0 heterocycles. The predicted octanol–water partition coefficient (Wildman–Crippen LogP) is 8.16. The molecule has 0 fully saturated rings. The van der Waals surface area contributed by atoms with Gasteiger partial charge in [-0.15, -0.1) is 0 Å². The molecular formula is C29H34O2. The van der Waals surface area contributed by atoms with Crippen molar-refractivity contribution >= 4 is 5.97 Å². The van der Waals surface area contributed by atoms with E-state index in [0.29, 0.717) is 0 Å². The summed E-state index contributed by atoms with van der Waals surface area (Å²) < 4.78 is 5.29. The minimum absolute atomic E-state index is 0.240. The van der Waals surface area contributed by atoms with Crippen molar-refractivity contribution in [3.8, 4) is 22.3 Å². The Morgan fingerprint density at radius 3 is 1.87 bits per heavy atom. The highest BCUT2D eigenvalue weighted by molar-refractivity contribution is 5.83. The Morgan fingerprint density at radius 1 is 0.774 bits per heavy atom. The molecule has 3 aromatic carbocycles. The normalized spacial score (nSPS) is 11.8. The van der Waals surface area contributed by atoms with E-state index in [1.807, 2.05) is 19.1 Å². The van der Waals surface area contributed by atoms with Crippen molar-refractivity contribution in [3.63, 3.8) is 0 Å². The van der Waals surface area contributed by atoms with Crippen LogP contribution in [0.25, 0.3) is 22.3 Å². The second-order valence-electron chi connectivity index (χ2n) is 8.28. The van der Waals surface area contributed by atoms with Crippen LogP contribution in [0.2, 0.25) is 0 Å². The van der Waals surface area contributed by atoms with Gasteiger partial charge in [-0.05, 0) is 53.1 Å². The lowest BCUT2D eigenvalue weighted by Crippen LogP contribution is -2.04. The van der Waals surface area contributed by atoms with Crippen LogP contribution in [0.5, 0.6) is 0 Å². The van der Waals surface area contributed by atoms with Gasteiger partial charge < -0.3 is 4.74 Å². The van der Waals surface area contributed by atoms with E-state index < -0.39 is 0 Å². The van der Waals surface area contributed by atoms with Crippen LogP contribution in [0, 0.1) is 0 Å². The molecule has 0 aromatic heterocycles. The van der Waals surface area contributed by atoms with Crippen molar-refractivity contribution in [1.29, 1.82) is 0 Å². The Labute approximate surface area is 187 Å². The van der Waals surface area contributed by atoms with Gasteiger partial charge in [-0.1, -0.05) is 105 Å². The SMILES string of the molecule is CCCCCCCc1ccc(-c2ccccc2-c2ccc(C(C)OC(C)=O)cc2)cc1. The predicted molar refractivity (Wildman–Crippen MR) is 130 cm³/mol. The minimum Gasteiger partial charge on any atom is -0.458 e. The third kappa shape index (κ3) is 6.55. The molecule has 0 saturated heterocycles. The van der Waals surface area contributed by atoms with E-state index in [4.69, 9.17) is 4.74 Å². The van der Waals surface area contributed by atoms with Crippen molar-refractivity contribution in [2.75, 3.05) is 0 Å². The van der Waals surface area contributed by atoms with Crippen molar-refractivity contribution < 1.29 is 9.53 Å².